The number of rotatable bonds is 6. The number of aliphatic hydroxyl groups excluding tert-OH is 1. The molecule has 1 fully saturated rings. The highest BCUT2D eigenvalue weighted by molar-refractivity contribution is 5.47. The zero-order valence-electron chi connectivity index (χ0n) is 13.6. The molecule has 0 amide bonds. The van der Waals surface area contributed by atoms with Gasteiger partial charge in [-0.15, -0.1) is 0 Å². The standard InChI is InChI=1S/C17H29N3O/c1-13(2)18-10-16-9-14(3)17(19-11-16)20-7-4-5-15(12-20)6-8-21/h9,11,13,15,18,21H,4-8,10,12H2,1-3H3. The van der Waals surface area contributed by atoms with Crippen molar-refractivity contribution in [2.45, 2.75) is 52.6 Å². The number of hydrogen-bond donors (Lipinski definition) is 2. The Morgan fingerprint density at radius 2 is 2.29 bits per heavy atom. The second kappa shape index (κ2) is 7.76. The average Bonchev–Trinajstić information content (AvgIpc) is 2.46. The topological polar surface area (TPSA) is 48.4 Å². The molecular formula is C17H29N3O. The second-order valence-corrected chi connectivity index (χ2v) is 6.49. The lowest BCUT2D eigenvalue weighted by atomic mass is 9.95. The van der Waals surface area contributed by atoms with E-state index in [-0.39, 0.29) is 0 Å². The highest BCUT2D eigenvalue weighted by Crippen LogP contribution is 2.26. The van der Waals surface area contributed by atoms with Crippen LogP contribution in [-0.2, 0) is 6.54 Å². The number of nitrogens with one attached hydrogen (secondary N) is 1. The van der Waals surface area contributed by atoms with Gasteiger partial charge in [-0.1, -0.05) is 13.8 Å². The maximum absolute atomic E-state index is 9.13. The molecule has 0 saturated carbocycles. The molecule has 21 heavy (non-hydrogen) atoms. The average molecular weight is 291 g/mol. The van der Waals surface area contributed by atoms with Gasteiger partial charge in [0.1, 0.15) is 5.82 Å². The van der Waals surface area contributed by atoms with E-state index in [1.54, 1.807) is 0 Å². The molecule has 0 radical (unpaired) electrons. The fourth-order valence-corrected chi connectivity index (χ4v) is 3.05. The van der Waals surface area contributed by atoms with E-state index in [0.717, 1.165) is 31.9 Å². The number of anilines is 1. The summed E-state index contributed by atoms with van der Waals surface area (Å²) < 4.78 is 0. The van der Waals surface area contributed by atoms with E-state index in [9.17, 15) is 0 Å². The number of hydrogen-bond acceptors (Lipinski definition) is 4. The summed E-state index contributed by atoms with van der Waals surface area (Å²) in [5.41, 5.74) is 2.50. The third-order valence-electron chi connectivity index (χ3n) is 4.18. The Morgan fingerprint density at radius 3 is 2.95 bits per heavy atom. The summed E-state index contributed by atoms with van der Waals surface area (Å²) in [6.45, 7) is 9.74. The molecule has 0 aromatic carbocycles. The van der Waals surface area contributed by atoms with Crippen molar-refractivity contribution in [2.24, 2.45) is 5.92 Å². The number of aromatic nitrogens is 1. The first-order valence-corrected chi connectivity index (χ1v) is 8.15. The summed E-state index contributed by atoms with van der Waals surface area (Å²) >= 11 is 0. The van der Waals surface area contributed by atoms with Crippen LogP contribution in [-0.4, -0.2) is 35.8 Å². The number of aryl methyl sites for hydroxylation is 1. The molecule has 0 spiro atoms. The van der Waals surface area contributed by atoms with Crippen LogP contribution in [0.5, 0.6) is 0 Å². The minimum absolute atomic E-state index is 0.296. The lowest BCUT2D eigenvalue weighted by Crippen LogP contribution is -2.36. The molecule has 0 bridgehead atoms. The van der Waals surface area contributed by atoms with Crippen molar-refractivity contribution in [3.05, 3.63) is 23.4 Å². The van der Waals surface area contributed by atoms with Gasteiger partial charge in [-0.05, 0) is 49.3 Å². The zero-order chi connectivity index (χ0) is 15.2. The second-order valence-electron chi connectivity index (χ2n) is 6.49. The predicted octanol–water partition coefficient (Wildman–Crippen LogP) is 2.49. The quantitative estimate of drug-likeness (QED) is 0.845. The SMILES string of the molecule is Cc1cc(CNC(C)C)cnc1N1CCCC(CCO)C1. The Morgan fingerprint density at radius 1 is 1.48 bits per heavy atom. The monoisotopic (exact) mass is 291 g/mol. The van der Waals surface area contributed by atoms with Gasteiger partial charge in [-0.2, -0.15) is 0 Å². The normalized spacial score (nSPS) is 19.3. The molecule has 1 unspecified atom stereocenters. The van der Waals surface area contributed by atoms with Crippen LogP contribution in [0.15, 0.2) is 12.3 Å². The first-order valence-electron chi connectivity index (χ1n) is 8.15. The minimum atomic E-state index is 0.296. The zero-order valence-corrected chi connectivity index (χ0v) is 13.6. The van der Waals surface area contributed by atoms with Crippen LogP contribution in [0.3, 0.4) is 0 Å². The highest BCUT2D eigenvalue weighted by Gasteiger charge is 2.21. The van der Waals surface area contributed by atoms with Crippen molar-refractivity contribution < 1.29 is 5.11 Å². The smallest absolute Gasteiger partial charge is 0.131 e. The number of aliphatic hydroxyl groups is 1. The van der Waals surface area contributed by atoms with Crippen LogP contribution >= 0.6 is 0 Å². The Bertz CT molecular complexity index is 446. The molecule has 1 aromatic rings. The van der Waals surface area contributed by atoms with Gasteiger partial charge in [0, 0.05) is 38.5 Å². The first kappa shape index (κ1) is 16.2. The third-order valence-corrected chi connectivity index (χ3v) is 4.18. The van der Waals surface area contributed by atoms with Gasteiger partial charge in [-0.25, -0.2) is 4.98 Å². The summed E-state index contributed by atoms with van der Waals surface area (Å²) in [4.78, 5) is 7.09. The van der Waals surface area contributed by atoms with Gasteiger partial charge in [0.2, 0.25) is 0 Å². The van der Waals surface area contributed by atoms with E-state index in [2.05, 4.69) is 37.1 Å². The lowest BCUT2D eigenvalue weighted by molar-refractivity contribution is 0.244. The van der Waals surface area contributed by atoms with Gasteiger partial charge in [-0.3, -0.25) is 0 Å². The van der Waals surface area contributed by atoms with E-state index < -0.39 is 0 Å². The molecule has 1 atom stereocenters. The largest absolute Gasteiger partial charge is 0.396 e. The lowest BCUT2D eigenvalue weighted by Gasteiger charge is -2.34. The summed E-state index contributed by atoms with van der Waals surface area (Å²) in [5.74, 6) is 1.72. The third kappa shape index (κ3) is 4.68. The summed E-state index contributed by atoms with van der Waals surface area (Å²) in [6, 6.07) is 2.74. The number of pyridine rings is 1. The van der Waals surface area contributed by atoms with Crippen molar-refractivity contribution in [3.8, 4) is 0 Å². The number of piperidine rings is 1. The van der Waals surface area contributed by atoms with Crippen LogP contribution in [0.1, 0.15) is 44.2 Å². The van der Waals surface area contributed by atoms with Crippen molar-refractivity contribution >= 4 is 5.82 Å². The summed E-state index contributed by atoms with van der Waals surface area (Å²) in [5, 5.41) is 12.6. The molecule has 0 aliphatic carbocycles. The predicted molar refractivity (Wildman–Crippen MR) is 87.6 cm³/mol. The van der Waals surface area contributed by atoms with Gasteiger partial charge in [0.15, 0.2) is 0 Å². The van der Waals surface area contributed by atoms with Gasteiger partial charge in [0.25, 0.3) is 0 Å². The molecule has 1 aliphatic heterocycles. The highest BCUT2D eigenvalue weighted by atomic mass is 16.3. The molecule has 1 saturated heterocycles. The van der Waals surface area contributed by atoms with Crippen LogP contribution in [0.2, 0.25) is 0 Å². The van der Waals surface area contributed by atoms with Gasteiger partial charge in [0.05, 0.1) is 0 Å². The van der Waals surface area contributed by atoms with Gasteiger partial charge >= 0.3 is 0 Å². The van der Waals surface area contributed by atoms with Crippen LogP contribution in [0, 0.1) is 12.8 Å². The Labute approximate surface area is 128 Å². The van der Waals surface area contributed by atoms with Crippen molar-refractivity contribution in [1.82, 2.24) is 10.3 Å². The fourth-order valence-electron chi connectivity index (χ4n) is 3.05. The molecule has 1 aromatic heterocycles. The molecular weight excluding hydrogens is 262 g/mol. The molecule has 1 aliphatic rings. The molecule has 118 valence electrons. The maximum atomic E-state index is 9.13. The Kier molecular flexibility index (Phi) is 6.00. The van der Waals surface area contributed by atoms with E-state index in [4.69, 9.17) is 10.1 Å². The molecule has 2 N–H and O–H groups in total. The van der Waals surface area contributed by atoms with Crippen LogP contribution in [0.25, 0.3) is 0 Å². The van der Waals surface area contributed by atoms with Crippen molar-refractivity contribution in [1.29, 1.82) is 0 Å². The Hall–Kier alpha value is -1.13. The van der Waals surface area contributed by atoms with E-state index in [0.29, 0.717) is 18.6 Å². The number of nitrogens with zero attached hydrogens (tertiary/aromatic N) is 2. The fraction of sp³-hybridized carbons (Fsp3) is 0.706. The summed E-state index contributed by atoms with van der Waals surface area (Å²) in [7, 11) is 0. The molecule has 2 rings (SSSR count). The molecule has 4 heteroatoms. The van der Waals surface area contributed by atoms with Crippen molar-refractivity contribution in [2.75, 3.05) is 24.6 Å². The van der Waals surface area contributed by atoms with Crippen LogP contribution < -0.4 is 10.2 Å². The maximum Gasteiger partial charge on any atom is 0.131 e. The van der Waals surface area contributed by atoms with Gasteiger partial charge < -0.3 is 15.3 Å². The van der Waals surface area contributed by atoms with E-state index in [1.807, 2.05) is 6.20 Å². The molecule has 4 nitrogen and oxygen atoms in total. The van der Waals surface area contributed by atoms with Crippen molar-refractivity contribution in [3.63, 3.8) is 0 Å². The van der Waals surface area contributed by atoms with E-state index in [1.165, 1.54) is 24.0 Å². The molecule has 2 heterocycles. The summed E-state index contributed by atoms with van der Waals surface area (Å²) in [6.07, 6.45) is 5.33. The first-order chi connectivity index (χ1) is 10.1. The van der Waals surface area contributed by atoms with Crippen LogP contribution in [0.4, 0.5) is 5.82 Å². The Balaban J connectivity index is 2.02. The minimum Gasteiger partial charge on any atom is -0.396 e. The van der Waals surface area contributed by atoms with E-state index >= 15 is 0 Å².